The molecule has 2 heterocycles. The van der Waals surface area contributed by atoms with Crippen LogP contribution in [0.15, 0.2) is 56.9 Å². The second-order valence-corrected chi connectivity index (χ2v) is 8.13. The van der Waals surface area contributed by atoms with E-state index in [-0.39, 0.29) is 11.6 Å². The number of thioether (sulfide) groups is 1. The van der Waals surface area contributed by atoms with Gasteiger partial charge in [-0.1, -0.05) is 29.1 Å². The van der Waals surface area contributed by atoms with Gasteiger partial charge in [-0.3, -0.25) is 9.36 Å². The lowest BCUT2D eigenvalue weighted by molar-refractivity contribution is 0.388. The molecule has 0 atom stereocenters. The van der Waals surface area contributed by atoms with E-state index in [1.807, 2.05) is 36.4 Å². The molecule has 0 radical (unpaired) electrons. The van der Waals surface area contributed by atoms with E-state index in [0.717, 1.165) is 12.8 Å². The first-order chi connectivity index (χ1) is 15.2. The zero-order valence-electron chi connectivity index (χ0n) is 17.1. The predicted octanol–water partition coefficient (Wildman–Crippen LogP) is 4.09. The van der Waals surface area contributed by atoms with Crippen LogP contribution >= 0.6 is 11.8 Å². The van der Waals surface area contributed by atoms with Crippen molar-refractivity contribution in [1.82, 2.24) is 19.7 Å². The highest BCUT2D eigenvalue weighted by Crippen LogP contribution is 2.37. The van der Waals surface area contributed by atoms with Gasteiger partial charge in [0, 0.05) is 12.1 Å². The van der Waals surface area contributed by atoms with Crippen LogP contribution in [0.3, 0.4) is 0 Å². The summed E-state index contributed by atoms with van der Waals surface area (Å²) in [5.41, 5.74) is 1.41. The van der Waals surface area contributed by atoms with Crippen LogP contribution in [0.4, 0.5) is 0 Å². The average Bonchev–Trinajstić information content (AvgIpc) is 3.53. The molecule has 0 aliphatic heterocycles. The summed E-state index contributed by atoms with van der Waals surface area (Å²) in [6.45, 7) is 0. The number of rotatable bonds is 7. The van der Waals surface area contributed by atoms with Gasteiger partial charge in [0.2, 0.25) is 11.7 Å². The van der Waals surface area contributed by atoms with E-state index in [4.69, 9.17) is 19.0 Å². The molecule has 158 valence electrons. The van der Waals surface area contributed by atoms with Crippen LogP contribution in [0.5, 0.6) is 11.5 Å². The highest BCUT2D eigenvalue weighted by Gasteiger charge is 2.28. The standard InChI is InChI=1S/C22H20N4O4S/c1-28-14-9-10-16(18(11-14)29-2)20-24-19(30-25-20)12-31-22-23-17-6-4-3-5-15(17)21(27)26(22)13-7-8-13/h3-6,9-11,13H,7-8,12H2,1-2H3. The van der Waals surface area contributed by atoms with Crippen molar-refractivity contribution >= 4 is 22.7 Å². The van der Waals surface area contributed by atoms with Gasteiger partial charge in [0.15, 0.2) is 5.16 Å². The summed E-state index contributed by atoms with van der Waals surface area (Å²) in [6, 6.07) is 13.1. The van der Waals surface area contributed by atoms with E-state index in [9.17, 15) is 4.79 Å². The van der Waals surface area contributed by atoms with Crippen molar-refractivity contribution in [2.75, 3.05) is 14.2 Å². The summed E-state index contributed by atoms with van der Waals surface area (Å²) in [5.74, 6) is 2.56. The molecule has 8 nitrogen and oxygen atoms in total. The Balaban J connectivity index is 1.42. The van der Waals surface area contributed by atoms with Gasteiger partial charge in [-0.05, 0) is 37.1 Å². The Labute approximate surface area is 182 Å². The largest absolute Gasteiger partial charge is 0.497 e. The average molecular weight is 436 g/mol. The smallest absolute Gasteiger partial charge is 0.262 e. The highest BCUT2D eigenvalue weighted by atomic mass is 32.2. The number of hydrogen-bond donors (Lipinski definition) is 0. The number of fused-ring (bicyclic) bond motifs is 1. The van der Waals surface area contributed by atoms with Gasteiger partial charge in [-0.2, -0.15) is 4.98 Å². The molecule has 5 rings (SSSR count). The van der Waals surface area contributed by atoms with Crippen molar-refractivity contribution in [1.29, 1.82) is 0 Å². The minimum absolute atomic E-state index is 0.00443. The Hall–Kier alpha value is -3.33. The number of methoxy groups -OCH3 is 2. The van der Waals surface area contributed by atoms with Crippen LogP contribution in [0.25, 0.3) is 22.3 Å². The second-order valence-electron chi connectivity index (χ2n) is 7.18. The van der Waals surface area contributed by atoms with Crippen LogP contribution < -0.4 is 15.0 Å². The SMILES string of the molecule is COc1ccc(-c2noc(CSc3nc4ccccc4c(=O)n3C3CC3)n2)c(OC)c1. The molecule has 0 spiro atoms. The van der Waals surface area contributed by atoms with Crippen LogP contribution in [0.2, 0.25) is 0 Å². The molecule has 0 amide bonds. The fourth-order valence-electron chi connectivity index (χ4n) is 3.41. The maximum absolute atomic E-state index is 13.0. The molecule has 4 aromatic rings. The zero-order chi connectivity index (χ0) is 21.4. The van der Waals surface area contributed by atoms with Crippen molar-refractivity contribution in [3.05, 3.63) is 58.7 Å². The fourth-order valence-corrected chi connectivity index (χ4v) is 4.32. The Morgan fingerprint density at radius 2 is 1.97 bits per heavy atom. The third kappa shape index (κ3) is 3.76. The monoisotopic (exact) mass is 436 g/mol. The third-order valence-corrected chi connectivity index (χ3v) is 6.07. The minimum Gasteiger partial charge on any atom is -0.497 e. The van der Waals surface area contributed by atoms with Gasteiger partial charge >= 0.3 is 0 Å². The van der Waals surface area contributed by atoms with Gasteiger partial charge in [0.05, 0.1) is 36.4 Å². The number of para-hydroxylation sites is 1. The molecule has 1 fully saturated rings. The minimum atomic E-state index is 0.00443. The van der Waals surface area contributed by atoms with Crippen molar-refractivity contribution < 1.29 is 14.0 Å². The summed E-state index contributed by atoms with van der Waals surface area (Å²) in [6.07, 6.45) is 1.99. The lowest BCUT2D eigenvalue weighted by Crippen LogP contribution is -2.22. The highest BCUT2D eigenvalue weighted by molar-refractivity contribution is 7.98. The molecule has 0 unspecified atom stereocenters. The van der Waals surface area contributed by atoms with Crippen LogP contribution in [0.1, 0.15) is 24.8 Å². The molecular weight excluding hydrogens is 416 g/mol. The molecule has 31 heavy (non-hydrogen) atoms. The van der Waals surface area contributed by atoms with E-state index >= 15 is 0 Å². The lowest BCUT2D eigenvalue weighted by atomic mass is 10.2. The molecule has 0 bridgehead atoms. The number of hydrogen-bond acceptors (Lipinski definition) is 8. The van der Waals surface area contributed by atoms with Gasteiger partial charge < -0.3 is 14.0 Å². The predicted molar refractivity (Wildman–Crippen MR) is 117 cm³/mol. The third-order valence-electron chi connectivity index (χ3n) is 5.13. The number of ether oxygens (including phenoxy) is 2. The Bertz CT molecular complexity index is 1310. The van der Waals surface area contributed by atoms with Crippen LogP contribution in [0, 0.1) is 0 Å². The molecule has 2 aromatic heterocycles. The van der Waals surface area contributed by atoms with Crippen molar-refractivity contribution in [2.24, 2.45) is 0 Å². The maximum Gasteiger partial charge on any atom is 0.262 e. The Morgan fingerprint density at radius 1 is 1.13 bits per heavy atom. The van der Waals surface area contributed by atoms with E-state index in [2.05, 4.69) is 10.1 Å². The number of benzene rings is 2. The Kier molecular flexibility index (Phi) is 5.11. The first-order valence-corrected chi connectivity index (χ1v) is 10.9. The summed E-state index contributed by atoms with van der Waals surface area (Å²) in [5, 5.41) is 5.41. The van der Waals surface area contributed by atoms with E-state index in [1.165, 1.54) is 11.8 Å². The molecule has 1 aliphatic carbocycles. The summed E-state index contributed by atoms with van der Waals surface area (Å²) in [7, 11) is 3.18. The van der Waals surface area contributed by atoms with Crippen molar-refractivity contribution in [3.63, 3.8) is 0 Å². The van der Waals surface area contributed by atoms with Crippen LogP contribution in [-0.4, -0.2) is 33.9 Å². The van der Waals surface area contributed by atoms with Crippen LogP contribution in [-0.2, 0) is 5.75 Å². The summed E-state index contributed by atoms with van der Waals surface area (Å²) >= 11 is 1.43. The topological polar surface area (TPSA) is 92.3 Å². The molecule has 1 saturated carbocycles. The number of nitrogens with zero attached hydrogens (tertiary/aromatic N) is 4. The molecule has 1 aliphatic rings. The summed E-state index contributed by atoms with van der Waals surface area (Å²) in [4.78, 5) is 22.2. The van der Waals surface area contributed by atoms with Crippen molar-refractivity contribution in [3.8, 4) is 22.9 Å². The molecule has 0 saturated heterocycles. The van der Waals surface area contributed by atoms with Gasteiger partial charge in [-0.15, -0.1) is 0 Å². The Morgan fingerprint density at radius 3 is 2.74 bits per heavy atom. The van der Waals surface area contributed by atoms with Gasteiger partial charge in [0.1, 0.15) is 11.5 Å². The number of aromatic nitrogens is 4. The molecule has 0 N–H and O–H groups in total. The lowest BCUT2D eigenvalue weighted by Gasteiger charge is -2.11. The summed E-state index contributed by atoms with van der Waals surface area (Å²) < 4.78 is 17.9. The quantitative estimate of drug-likeness (QED) is 0.316. The molecule has 2 aromatic carbocycles. The van der Waals surface area contributed by atoms with Gasteiger partial charge in [-0.25, -0.2) is 4.98 Å². The van der Waals surface area contributed by atoms with E-state index < -0.39 is 0 Å². The second kappa shape index (κ2) is 8.07. The van der Waals surface area contributed by atoms with Crippen molar-refractivity contribution in [2.45, 2.75) is 29.8 Å². The zero-order valence-corrected chi connectivity index (χ0v) is 17.9. The molecule has 9 heteroatoms. The molecular formula is C22H20N4O4S. The first kappa shape index (κ1) is 19.6. The fraction of sp³-hybridized carbons (Fsp3) is 0.273. The maximum atomic E-state index is 13.0. The first-order valence-electron chi connectivity index (χ1n) is 9.87. The van der Waals surface area contributed by atoms with E-state index in [0.29, 0.717) is 50.6 Å². The normalized spacial score (nSPS) is 13.5. The van der Waals surface area contributed by atoms with Gasteiger partial charge in [0.25, 0.3) is 5.56 Å². The van der Waals surface area contributed by atoms with E-state index in [1.54, 1.807) is 24.9 Å².